The number of pyridine rings is 2. The average Bonchev–Trinajstić information content (AvgIpc) is 2.61. The van der Waals surface area contributed by atoms with E-state index >= 15 is 0 Å². The normalized spacial score (nSPS) is 11.9. The van der Waals surface area contributed by atoms with Crippen molar-refractivity contribution in [2.24, 2.45) is 5.73 Å². The third-order valence-electron chi connectivity index (χ3n) is 3.17. The second-order valence-electron chi connectivity index (χ2n) is 5.36. The molecule has 0 aliphatic rings. The highest BCUT2D eigenvalue weighted by Gasteiger charge is 2.33. The molecule has 0 aliphatic heterocycles. The molecule has 2 rings (SSSR count). The van der Waals surface area contributed by atoms with E-state index in [1.165, 1.54) is 6.07 Å². The zero-order valence-electron chi connectivity index (χ0n) is 14.6. The first-order valence-electron chi connectivity index (χ1n) is 7.73. The van der Waals surface area contributed by atoms with Crippen LogP contribution in [0, 0.1) is 10.1 Å². The van der Waals surface area contributed by atoms with Gasteiger partial charge in [0.1, 0.15) is 21.7 Å². The Balaban J connectivity index is 0.000000303. The molecule has 0 saturated heterocycles. The van der Waals surface area contributed by atoms with E-state index in [-0.39, 0.29) is 10.7 Å². The summed E-state index contributed by atoms with van der Waals surface area (Å²) < 4.78 is 72.9. The molecule has 0 spiro atoms. The summed E-state index contributed by atoms with van der Waals surface area (Å²) in [7, 11) is 0. The zero-order valence-corrected chi connectivity index (χ0v) is 16.1. The predicted octanol–water partition coefficient (Wildman–Crippen LogP) is 5.26. The molecule has 0 amide bonds. The van der Waals surface area contributed by atoms with E-state index in [2.05, 4.69) is 9.97 Å². The molecule has 0 bridgehead atoms. The number of hydrogen-bond acceptors (Lipinski definition) is 5. The molecular weight excluding hydrogens is 465 g/mol. The van der Waals surface area contributed by atoms with Crippen LogP contribution < -0.4 is 5.73 Å². The molecular formula is C16H12Cl2F6N4O2. The van der Waals surface area contributed by atoms with E-state index in [0.717, 1.165) is 18.2 Å². The highest BCUT2D eigenvalue weighted by atomic mass is 35.5. The molecule has 14 heteroatoms. The summed E-state index contributed by atoms with van der Waals surface area (Å²) in [5.41, 5.74) is 3.70. The van der Waals surface area contributed by atoms with Gasteiger partial charge in [-0.05, 0) is 36.7 Å². The lowest BCUT2D eigenvalue weighted by molar-refractivity contribution is -0.400. The maximum absolute atomic E-state index is 12.2. The molecule has 0 aromatic carbocycles. The van der Waals surface area contributed by atoms with Gasteiger partial charge in [0, 0.05) is 11.6 Å². The molecule has 2 N–H and O–H groups in total. The van der Waals surface area contributed by atoms with Crippen LogP contribution in [0.1, 0.15) is 22.5 Å². The molecule has 6 nitrogen and oxygen atoms in total. The summed E-state index contributed by atoms with van der Waals surface area (Å²) in [4.78, 5) is 15.6. The van der Waals surface area contributed by atoms with Crippen molar-refractivity contribution in [3.63, 3.8) is 0 Å². The van der Waals surface area contributed by atoms with Crippen LogP contribution in [0.3, 0.4) is 0 Å². The molecule has 0 radical (unpaired) electrons. The van der Waals surface area contributed by atoms with Crippen LogP contribution in [0.5, 0.6) is 0 Å². The fourth-order valence-electron chi connectivity index (χ4n) is 1.83. The van der Waals surface area contributed by atoms with E-state index in [1.807, 2.05) is 0 Å². The van der Waals surface area contributed by atoms with E-state index in [9.17, 15) is 36.5 Å². The minimum absolute atomic E-state index is 0.0476. The highest BCUT2D eigenvalue weighted by molar-refractivity contribution is 6.31. The standard InChI is InChI=1S/C8H4ClF3N2O2.C8H8ClF3N2/c9-7-5(3-4-14(15)16)1-2-6(13-7)8(10,11)12;9-7-5(3-4-13)1-2-6(14-7)8(10,11)12/h1-4H;1-2H,3-4,13H2/b4-3+;. The van der Waals surface area contributed by atoms with Crippen molar-refractivity contribution in [2.75, 3.05) is 6.54 Å². The maximum atomic E-state index is 12.2. The van der Waals surface area contributed by atoms with Crippen LogP contribution in [-0.4, -0.2) is 21.4 Å². The monoisotopic (exact) mass is 476 g/mol. The molecule has 164 valence electrons. The Hall–Kier alpha value is -2.44. The van der Waals surface area contributed by atoms with Crippen molar-refractivity contribution in [1.82, 2.24) is 9.97 Å². The molecule has 2 aromatic heterocycles. The highest BCUT2D eigenvalue weighted by Crippen LogP contribution is 2.30. The molecule has 30 heavy (non-hydrogen) atoms. The Morgan fingerprint density at radius 3 is 1.87 bits per heavy atom. The summed E-state index contributed by atoms with van der Waals surface area (Å²) in [5, 5.41) is 9.41. The SMILES string of the molecule is NCCc1ccc(C(F)(F)F)nc1Cl.O=[N+]([O-])/C=C/c1ccc(C(F)(F)F)nc1Cl. The van der Waals surface area contributed by atoms with Gasteiger partial charge >= 0.3 is 12.4 Å². The van der Waals surface area contributed by atoms with Crippen LogP contribution in [0.15, 0.2) is 30.5 Å². The van der Waals surface area contributed by atoms with Crippen LogP contribution in [0.25, 0.3) is 6.08 Å². The lowest BCUT2D eigenvalue weighted by Gasteiger charge is -2.07. The first-order chi connectivity index (χ1) is 13.8. The van der Waals surface area contributed by atoms with E-state index in [0.29, 0.717) is 30.8 Å². The summed E-state index contributed by atoms with van der Waals surface area (Å²) >= 11 is 11.0. The van der Waals surface area contributed by atoms with Gasteiger partial charge in [-0.15, -0.1) is 0 Å². The second kappa shape index (κ2) is 10.5. The van der Waals surface area contributed by atoms with Crippen molar-refractivity contribution in [1.29, 1.82) is 0 Å². The average molecular weight is 477 g/mol. The summed E-state index contributed by atoms with van der Waals surface area (Å²) in [6, 6.07) is 3.91. The molecule has 2 aromatic rings. The van der Waals surface area contributed by atoms with Gasteiger partial charge in [-0.2, -0.15) is 26.3 Å². The van der Waals surface area contributed by atoms with Gasteiger partial charge in [-0.1, -0.05) is 29.3 Å². The summed E-state index contributed by atoms with van der Waals surface area (Å²) in [6.45, 7) is 0.326. The maximum Gasteiger partial charge on any atom is 0.433 e. The number of aromatic nitrogens is 2. The summed E-state index contributed by atoms with van der Waals surface area (Å²) in [6.07, 6.45) is -7.09. The third-order valence-corrected chi connectivity index (χ3v) is 3.80. The van der Waals surface area contributed by atoms with Gasteiger partial charge in [0.2, 0.25) is 6.20 Å². The number of nitro groups is 1. The molecule has 0 unspecified atom stereocenters. The number of halogens is 8. The van der Waals surface area contributed by atoms with Gasteiger partial charge in [0.25, 0.3) is 0 Å². The van der Waals surface area contributed by atoms with Gasteiger partial charge in [-0.25, -0.2) is 9.97 Å². The van der Waals surface area contributed by atoms with E-state index in [1.54, 1.807) is 0 Å². The van der Waals surface area contributed by atoms with Crippen molar-refractivity contribution in [2.45, 2.75) is 18.8 Å². The number of nitrogens with zero attached hydrogens (tertiary/aromatic N) is 3. The van der Waals surface area contributed by atoms with Gasteiger partial charge in [0.05, 0.1) is 4.92 Å². The van der Waals surface area contributed by atoms with Gasteiger partial charge in [0.15, 0.2) is 0 Å². The lowest BCUT2D eigenvalue weighted by atomic mass is 10.2. The second-order valence-corrected chi connectivity index (χ2v) is 6.07. The Labute approximate surface area is 175 Å². The fraction of sp³-hybridized carbons (Fsp3) is 0.250. The van der Waals surface area contributed by atoms with Crippen LogP contribution in [-0.2, 0) is 18.8 Å². The van der Waals surface area contributed by atoms with E-state index in [4.69, 9.17) is 28.9 Å². The zero-order chi connectivity index (χ0) is 23.1. The molecule has 0 fully saturated rings. The Morgan fingerprint density at radius 1 is 0.967 bits per heavy atom. The number of nitrogens with two attached hydrogens (primary N) is 1. The number of rotatable bonds is 4. The lowest BCUT2D eigenvalue weighted by Crippen LogP contribution is -2.10. The Bertz CT molecular complexity index is 920. The smallest absolute Gasteiger partial charge is 0.330 e. The van der Waals surface area contributed by atoms with Gasteiger partial charge < -0.3 is 5.73 Å². The molecule has 2 heterocycles. The van der Waals surface area contributed by atoms with Gasteiger partial charge in [-0.3, -0.25) is 10.1 Å². The fourth-order valence-corrected chi connectivity index (χ4v) is 2.30. The first-order valence-corrected chi connectivity index (χ1v) is 8.49. The minimum atomic E-state index is -4.59. The van der Waals surface area contributed by atoms with Crippen LogP contribution in [0.4, 0.5) is 26.3 Å². The minimum Gasteiger partial charge on any atom is -0.330 e. The first kappa shape index (κ1) is 25.6. The van der Waals surface area contributed by atoms with E-state index < -0.39 is 33.8 Å². The Morgan fingerprint density at radius 2 is 1.47 bits per heavy atom. The summed E-state index contributed by atoms with van der Waals surface area (Å²) in [5.74, 6) is 0. The number of hydrogen-bond donors (Lipinski definition) is 1. The van der Waals surface area contributed by atoms with Crippen LogP contribution in [0.2, 0.25) is 10.3 Å². The van der Waals surface area contributed by atoms with Crippen molar-refractivity contribution < 1.29 is 31.3 Å². The molecule has 0 atom stereocenters. The van der Waals surface area contributed by atoms with Crippen molar-refractivity contribution >= 4 is 29.3 Å². The predicted molar refractivity (Wildman–Crippen MR) is 97.3 cm³/mol. The Kier molecular flexibility index (Phi) is 9.00. The topological polar surface area (TPSA) is 94.9 Å². The number of alkyl halides is 6. The van der Waals surface area contributed by atoms with Crippen LogP contribution >= 0.6 is 23.2 Å². The molecule has 0 aliphatic carbocycles. The third kappa shape index (κ3) is 8.13. The van der Waals surface area contributed by atoms with Crippen molar-refractivity contribution in [3.05, 3.63) is 73.4 Å². The quantitative estimate of drug-likeness (QED) is 0.281. The molecule has 0 saturated carbocycles. The largest absolute Gasteiger partial charge is 0.433 e. The van der Waals surface area contributed by atoms with Crippen molar-refractivity contribution in [3.8, 4) is 0 Å².